The molecule has 3 aromatic rings. The summed E-state index contributed by atoms with van der Waals surface area (Å²) >= 11 is 0. The molecule has 2 unspecified atom stereocenters. The number of carboxylic acids is 1. The molecule has 2 aliphatic rings. The summed E-state index contributed by atoms with van der Waals surface area (Å²) in [6, 6.07) is 20.9. The van der Waals surface area contributed by atoms with E-state index in [1.807, 2.05) is 73.7 Å². The van der Waals surface area contributed by atoms with Gasteiger partial charge in [0.25, 0.3) is 0 Å². The number of hydrogen-bond donors (Lipinski definition) is 1. The van der Waals surface area contributed by atoms with Gasteiger partial charge >= 0.3 is 5.97 Å². The SMILES string of the molecule is CCOc1cc(C(c2ccc3c(c2)OCO3)N2CCCCC2C(=O)O)ccc1OCc1ccccc1. The summed E-state index contributed by atoms with van der Waals surface area (Å²) in [6.45, 7) is 3.73. The first kappa shape index (κ1) is 24.0. The molecule has 0 aliphatic carbocycles. The Bertz CT molecular complexity index is 1200. The summed E-state index contributed by atoms with van der Waals surface area (Å²) < 4.78 is 23.2. The lowest BCUT2D eigenvalue weighted by atomic mass is 9.91. The predicted octanol–water partition coefficient (Wildman–Crippen LogP) is 5.42. The third-order valence-corrected chi connectivity index (χ3v) is 6.69. The fraction of sp³-hybridized carbons (Fsp3) is 0.345. The lowest BCUT2D eigenvalue weighted by Gasteiger charge is -2.39. The molecule has 7 heteroatoms. The van der Waals surface area contributed by atoms with Crippen LogP contribution >= 0.6 is 0 Å². The highest BCUT2D eigenvalue weighted by atomic mass is 16.7. The maximum Gasteiger partial charge on any atom is 0.320 e. The van der Waals surface area contributed by atoms with Crippen LogP contribution < -0.4 is 18.9 Å². The number of piperidine rings is 1. The summed E-state index contributed by atoms with van der Waals surface area (Å²) in [7, 11) is 0. The van der Waals surface area contributed by atoms with E-state index in [0.29, 0.717) is 49.2 Å². The van der Waals surface area contributed by atoms with Crippen LogP contribution in [-0.4, -0.2) is 42.0 Å². The Labute approximate surface area is 211 Å². The third kappa shape index (κ3) is 5.11. The van der Waals surface area contributed by atoms with Crippen LogP contribution in [0.15, 0.2) is 66.7 Å². The van der Waals surface area contributed by atoms with Crippen LogP contribution in [0.4, 0.5) is 0 Å². The maximum atomic E-state index is 12.2. The van der Waals surface area contributed by atoms with Crippen LogP contribution in [0.1, 0.15) is 48.9 Å². The first-order valence-corrected chi connectivity index (χ1v) is 12.5. The average Bonchev–Trinajstić information content (AvgIpc) is 3.38. The van der Waals surface area contributed by atoms with Crippen molar-refractivity contribution in [2.75, 3.05) is 19.9 Å². The van der Waals surface area contributed by atoms with E-state index >= 15 is 0 Å². The Balaban J connectivity index is 1.52. The number of likely N-dealkylation sites (tertiary alicyclic amines) is 1. The minimum atomic E-state index is -0.798. The van der Waals surface area contributed by atoms with Gasteiger partial charge in [0, 0.05) is 0 Å². The van der Waals surface area contributed by atoms with Gasteiger partial charge in [-0.15, -0.1) is 0 Å². The van der Waals surface area contributed by atoms with E-state index in [0.717, 1.165) is 29.5 Å². The summed E-state index contributed by atoms with van der Waals surface area (Å²) in [4.78, 5) is 14.3. The molecule has 1 fully saturated rings. The molecule has 0 saturated carbocycles. The molecule has 2 aliphatic heterocycles. The van der Waals surface area contributed by atoms with Gasteiger partial charge in [0.15, 0.2) is 23.0 Å². The van der Waals surface area contributed by atoms with Crippen molar-refractivity contribution in [2.24, 2.45) is 0 Å². The number of nitrogens with zero attached hydrogens (tertiary/aromatic N) is 1. The molecule has 1 saturated heterocycles. The van der Waals surface area contributed by atoms with Gasteiger partial charge in [0.1, 0.15) is 12.6 Å². The van der Waals surface area contributed by atoms with Gasteiger partial charge in [0.2, 0.25) is 6.79 Å². The molecular formula is C29H31NO6. The number of carboxylic acid groups (broad SMARTS) is 1. The number of carbonyl (C=O) groups is 1. The van der Waals surface area contributed by atoms with Crippen LogP contribution in [0, 0.1) is 0 Å². The van der Waals surface area contributed by atoms with E-state index in [4.69, 9.17) is 18.9 Å². The summed E-state index contributed by atoms with van der Waals surface area (Å²) in [6.07, 6.45) is 2.46. The van der Waals surface area contributed by atoms with Gasteiger partial charge in [-0.2, -0.15) is 0 Å². The summed E-state index contributed by atoms with van der Waals surface area (Å²) in [5.41, 5.74) is 2.96. The fourth-order valence-corrected chi connectivity index (χ4v) is 5.00. The minimum Gasteiger partial charge on any atom is -0.490 e. The van der Waals surface area contributed by atoms with Crippen molar-refractivity contribution < 1.29 is 28.8 Å². The molecule has 0 aromatic heterocycles. The number of aliphatic carboxylic acids is 1. The van der Waals surface area contributed by atoms with Crippen molar-refractivity contribution in [2.45, 2.75) is 44.9 Å². The number of ether oxygens (including phenoxy) is 4. The van der Waals surface area contributed by atoms with E-state index in [9.17, 15) is 9.90 Å². The zero-order valence-corrected chi connectivity index (χ0v) is 20.4. The van der Waals surface area contributed by atoms with Gasteiger partial charge < -0.3 is 24.1 Å². The monoisotopic (exact) mass is 489 g/mol. The maximum absolute atomic E-state index is 12.2. The molecule has 5 rings (SSSR count). The van der Waals surface area contributed by atoms with E-state index < -0.39 is 12.0 Å². The minimum absolute atomic E-state index is 0.187. The van der Waals surface area contributed by atoms with E-state index in [-0.39, 0.29) is 12.8 Å². The van der Waals surface area contributed by atoms with Crippen molar-refractivity contribution in [3.8, 4) is 23.0 Å². The third-order valence-electron chi connectivity index (χ3n) is 6.69. The molecule has 2 atom stereocenters. The number of fused-ring (bicyclic) bond motifs is 1. The van der Waals surface area contributed by atoms with Crippen LogP contribution in [0.2, 0.25) is 0 Å². The molecule has 2 heterocycles. The molecule has 1 N–H and O–H groups in total. The predicted molar refractivity (Wildman–Crippen MR) is 135 cm³/mol. The van der Waals surface area contributed by atoms with Crippen molar-refractivity contribution in [3.63, 3.8) is 0 Å². The van der Waals surface area contributed by atoms with Gasteiger partial charge in [-0.25, -0.2) is 0 Å². The first-order valence-electron chi connectivity index (χ1n) is 12.5. The Hall–Kier alpha value is -3.71. The van der Waals surface area contributed by atoms with E-state index in [1.54, 1.807) is 0 Å². The van der Waals surface area contributed by atoms with Crippen molar-refractivity contribution in [1.29, 1.82) is 0 Å². The zero-order chi connectivity index (χ0) is 24.9. The Morgan fingerprint density at radius 2 is 1.75 bits per heavy atom. The highest BCUT2D eigenvalue weighted by molar-refractivity contribution is 5.74. The van der Waals surface area contributed by atoms with Crippen LogP contribution in [0.25, 0.3) is 0 Å². The zero-order valence-electron chi connectivity index (χ0n) is 20.4. The smallest absolute Gasteiger partial charge is 0.320 e. The number of benzene rings is 3. The van der Waals surface area contributed by atoms with E-state index in [2.05, 4.69) is 4.90 Å². The first-order chi connectivity index (χ1) is 17.6. The van der Waals surface area contributed by atoms with Crippen LogP contribution in [0.5, 0.6) is 23.0 Å². The lowest BCUT2D eigenvalue weighted by Crippen LogP contribution is -2.46. The Morgan fingerprint density at radius 3 is 2.56 bits per heavy atom. The van der Waals surface area contributed by atoms with Crippen molar-refractivity contribution in [3.05, 3.63) is 83.4 Å². The van der Waals surface area contributed by atoms with Gasteiger partial charge in [-0.05, 0) is 67.3 Å². The fourth-order valence-electron chi connectivity index (χ4n) is 5.00. The number of rotatable bonds is 9. The molecule has 7 nitrogen and oxygen atoms in total. The molecule has 0 amide bonds. The normalized spacial score (nSPS) is 18.0. The van der Waals surface area contributed by atoms with Crippen molar-refractivity contribution >= 4 is 5.97 Å². The summed E-state index contributed by atoms with van der Waals surface area (Å²) in [5.74, 6) is 1.87. The van der Waals surface area contributed by atoms with Gasteiger partial charge in [0.05, 0.1) is 12.6 Å². The molecule has 0 radical (unpaired) electrons. The van der Waals surface area contributed by atoms with Gasteiger partial charge in [-0.1, -0.05) is 48.9 Å². The molecule has 0 bridgehead atoms. The highest BCUT2D eigenvalue weighted by Crippen LogP contribution is 2.42. The molecular weight excluding hydrogens is 458 g/mol. The second kappa shape index (κ2) is 10.9. The molecule has 3 aromatic carbocycles. The standard InChI is InChI=1S/C29H31NO6/c1-2-33-26-16-21(11-13-24(26)34-18-20-8-4-3-5-9-20)28(30-15-7-6-10-23(30)29(31)32)22-12-14-25-27(17-22)36-19-35-25/h3-5,8-9,11-14,16-17,23,28H,2,6-7,10,15,18-19H2,1H3,(H,31,32). The highest BCUT2D eigenvalue weighted by Gasteiger charge is 2.36. The molecule has 0 spiro atoms. The van der Waals surface area contributed by atoms with Gasteiger partial charge in [-0.3, -0.25) is 9.69 Å². The molecule has 36 heavy (non-hydrogen) atoms. The quantitative estimate of drug-likeness (QED) is 0.430. The second-order valence-electron chi connectivity index (χ2n) is 9.02. The average molecular weight is 490 g/mol. The second-order valence-corrected chi connectivity index (χ2v) is 9.02. The van der Waals surface area contributed by atoms with Crippen molar-refractivity contribution in [1.82, 2.24) is 4.90 Å². The Morgan fingerprint density at radius 1 is 0.972 bits per heavy atom. The van der Waals surface area contributed by atoms with E-state index in [1.165, 1.54) is 0 Å². The van der Waals surface area contributed by atoms with Crippen LogP contribution in [-0.2, 0) is 11.4 Å². The topological polar surface area (TPSA) is 77.5 Å². The largest absolute Gasteiger partial charge is 0.490 e. The number of hydrogen-bond acceptors (Lipinski definition) is 6. The lowest BCUT2D eigenvalue weighted by molar-refractivity contribution is -0.145. The van der Waals surface area contributed by atoms with Crippen LogP contribution in [0.3, 0.4) is 0 Å². The summed E-state index contributed by atoms with van der Waals surface area (Å²) in [5, 5.41) is 10.0. The molecule has 188 valence electrons. The Kier molecular flexibility index (Phi) is 7.28.